The molecule has 5 aromatic carbocycles. The van der Waals surface area contributed by atoms with E-state index in [0.29, 0.717) is 17.6 Å². The molecule has 6 heteroatoms. The molecule has 0 bridgehead atoms. The van der Waals surface area contributed by atoms with Crippen LogP contribution in [0.4, 0.5) is 0 Å². The normalized spacial score (nSPS) is 11.6. The maximum atomic E-state index is 6.08. The smallest absolute Gasteiger partial charge is 0.238 e. The van der Waals surface area contributed by atoms with Crippen molar-refractivity contribution in [3.05, 3.63) is 140 Å². The summed E-state index contributed by atoms with van der Waals surface area (Å²) in [6.07, 6.45) is 3.57. The Morgan fingerprint density at radius 3 is 1.84 bits per heavy atom. The van der Waals surface area contributed by atoms with E-state index in [1.165, 1.54) is 0 Å². The van der Waals surface area contributed by atoms with E-state index in [-0.39, 0.29) is 0 Å². The maximum absolute atomic E-state index is 6.08. The van der Waals surface area contributed by atoms with Gasteiger partial charge in [-0.25, -0.2) is 4.98 Å². The maximum Gasteiger partial charge on any atom is 0.238 e. The van der Waals surface area contributed by atoms with Crippen molar-refractivity contribution in [3.8, 4) is 39.9 Å². The summed E-state index contributed by atoms with van der Waals surface area (Å²) in [7, 11) is 0. The number of nitrogens with zero attached hydrogens (tertiary/aromatic N) is 5. The zero-order valence-corrected chi connectivity index (χ0v) is 23.4. The van der Waals surface area contributed by atoms with Gasteiger partial charge in [-0.3, -0.25) is 9.55 Å². The molecule has 4 aromatic heterocycles. The summed E-state index contributed by atoms with van der Waals surface area (Å²) >= 11 is 0. The molecule has 0 aliphatic rings. The Morgan fingerprint density at radius 2 is 1.11 bits per heavy atom. The number of furan rings is 1. The van der Waals surface area contributed by atoms with Gasteiger partial charge in [0, 0.05) is 38.9 Å². The summed E-state index contributed by atoms with van der Waals surface area (Å²) in [4.78, 5) is 19.3. The molecule has 0 aliphatic carbocycles. The van der Waals surface area contributed by atoms with E-state index in [1.807, 2.05) is 48.5 Å². The van der Waals surface area contributed by atoms with Crippen LogP contribution in [-0.4, -0.2) is 24.5 Å². The predicted octanol–water partition coefficient (Wildman–Crippen LogP) is 9.26. The van der Waals surface area contributed by atoms with Gasteiger partial charge in [0.25, 0.3) is 0 Å². The summed E-state index contributed by atoms with van der Waals surface area (Å²) in [5.74, 6) is 1.82. The molecule has 0 N–H and O–H groups in total. The molecule has 206 valence electrons. The van der Waals surface area contributed by atoms with Gasteiger partial charge in [-0.1, -0.05) is 103 Å². The monoisotopic (exact) mass is 565 g/mol. The minimum Gasteiger partial charge on any atom is -0.454 e. The first kappa shape index (κ1) is 24.5. The Labute approximate surface area is 251 Å². The van der Waals surface area contributed by atoms with Crippen molar-refractivity contribution in [1.82, 2.24) is 24.5 Å². The first-order valence-corrected chi connectivity index (χ1v) is 14.5. The Bertz CT molecular complexity index is 2440. The highest BCUT2D eigenvalue weighted by Crippen LogP contribution is 2.37. The number of hydrogen-bond acceptors (Lipinski definition) is 5. The highest BCUT2D eigenvalue weighted by atomic mass is 16.3. The van der Waals surface area contributed by atoms with Crippen LogP contribution in [0.1, 0.15) is 0 Å². The number of rotatable bonds is 4. The molecule has 0 unspecified atom stereocenters. The second-order valence-corrected chi connectivity index (χ2v) is 10.7. The van der Waals surface area contributed by atoms with Gasteiger partial charge in [0.2, 0.25) is 5.95 Å². The SMILES string of the molecule is c1ccc(-c2nc(-c3ccc(-c4cccc5oc6cnccc6c45)cc3)nc(-n3c4ccccc4c4ccccc43)n2)cc1. The highest BCUT2D eigenvalue weighted by molar-refractivity contribution is 6.12. The average Bonchev–Trinajstić information content (AvgIpc) is 3.65. The lowest BCUT2D eigenvalue weighted by Crippen LogP contribution is -2.06. The molecule has 0 fully saturated rings. The fraction of sp³-hybridized carbons (Fsp3) is 0. The van der Waals surface area contributed by atoms with E-state index in [1.54, 1.807) is 12.4 Å². The molecule has 0 saturated heterocycles. The van der Waals surface area contributed by atoms with Gasteiger partial charge in [-0.15, -0.1) is 0 Å². The van der Waals surface area contributed by atoms with E-state index in [0.717, 1.165) is 66.0 Å². The number of benzene rings is 5. The van der Waals surface area contributed by atoms with Gasteiger partial charge in [-0.05, 0) is 35.4 Å². The first-order chi connectivity index (χ1) is 21.8. The van der Waals surface area contributed by atoms with Crippen LogP contribution in [0, 0.1) is 0 Å². The molecule has 0 aliphatic heterocycles. The lowest BCUT2D eigenvalue weighted by atomic mass is 9.99. The van der Waals surface area contributed by atoms with E-state index in [9.17, 15) is 0 Å². The molecule has 6 nitrogen and oxygen atoms in total. The molecule has 9 aromatic rings. The van der Waals surface area contributed by atoms with Crippen molar-refractivity contribution >= 4 is 43.7 Å². The minimum absolute atomic E-state index is 0.582. The minimum atomic E-state index is 0.582. The van der Waals surface area contributed by atoms with E-state index < -0.39 is 0 Å². The van der Waals surface area contributed by atoms with Crippen LogP contribution in [0.25, 0.3) is 83.6 Å². The molecule has 0 radical (unpaired) electrons. The van der Waals surface area contributed by atoms with Crippen LogP contribution in [0.15, 0.2) is 144 Å². The van der Waals surface area contributed by atoms with Crippen molar-refractivity contribution in [2.75, 3.05) is 0 Å². The Kier molecular flexibility index (Phi) is 5.40. The van der Waals surface area contributed by atoms with Crippen LogP contribution in [0.5, 0.6) is 0 Å². The van der Waals surface area contributed by atoms with Crippen LogP contribution >= 0.6 is 0 Å². The lowest BCUT2D eigenvalue weighted by Gasteiger charge is -2.11. The molecule has 9 rings (SSSR count). The van der Waals surface area contributed by atoms with E-state index >= 15 is 0 Å². The first-order valence-electron chi connectivity index (χ1n) is 14.5. The molecule has 0 amide bonds. The van der Waals surface area contributed by atoms with Gasteiger partial charge >= 0.3 is 0 Å². The van der Waals surface area contributed by atoms with Gasteiger partial charge in [0.1, 0.15) is 5.58 Å². The summed E-state index contributed by atoms with van der Waals surface area (Å²) in [5, 5.41) is 4.45. The topological polar surface area (TPSA) is 69.6 Å². The Morgan fingerprint density at radius 1 is 0.477 bits per heavy atom. The van der Waals surface area contributed by atoms with Crippen molar-refractivity contribution in [1.29, 1.82) is 0 Å². The molecule has 0 atom stereocenters. The summed E-state index contributed by atoms with van der Waals surface area (Å²) < 4.78 is 8.22. The van der Waals surface area contributed by atoms with Crippen molar-refractivity contribution in [3.63, 3.8) is 0 Å². The Hall–Kier alpha value is -6.14. The second-order valence-electron chi connectivity index (χ2n) is 10.7. The van der Waals surface area contributed by atoms with Crippen molar-refractivity contribution in [2.24, 2.45) is 0 Å². The summed E-state index contributed by atoms with van der Waals surface area (Å²) in [6.45, 7) is 0. The second kappa shape index (κ2) is 9.71. The Balaban J connectivity index is 1.23. The number of pyridine rings is 1. The van der Waals surface area contributed by atoms with Crippen LogP contribution in [0.3, 0.4) is 0 Å². The fourth-order valence-corrected chi connectivity index (χ4v) is 6.17. The zero-order chi connectivity index (χ0) is 29.0. The number of aromatic nitrogens is 5. The summed E-state index contributed by atoms with van der Waals surface area (Å²) in [5.41, 5.74) is 7.75. The van der Waals surface area contributed by atoms with E-state index in [4.69, 9.17) is 19.4 Å². The molecular formula is C38H23N5O. The molecule has 4 heterocycles. The zero-order valence-electron chi connectivity index (χ0n) is 23.4. The van der Waals surface area contributed by atoms with Crippen molar-refractivity contribution < 1.29 is 4.42 Å². The van der Waals surface area contributed by atoms with Gasteiger partial charge in [0.15, 0.2) is 17.2 Å². The standard InChI is InChI=1S/C38H23N5O/c1-2-9-25(10-3-1)36-40-37(42-38(41-36)43-31-14-6-4-11-28(31)29-12-5-7-15-32(29)43)26-19-17-24(18-20-26)27-13-8-16-33-35(27)30-21-22-39-23-34(30)44-33/h1-23H. The molecule has 0 spiro atoms. The lowest BCUT2D eigenvalue weighted by molar-refractivity contribution is 0.667. The number of hydrogen-bond donors (Lipinski definition) is 0. The molecular weight excluding hydrogens is 542 g/mol. The van der Waals surface area contributed by atoms with Crippen LogP contribution in [0.2, 0.25) is 0 Å². The number of fused-ring (bicyclic) bond motifs is 6. The largest absolute Gasteiger partial charge is 0.454 e. The van der Waals surface area contributed by atoms with Gasteiger partial charge in [-0.2, -0.15) is 9.97 Å². The molecule has 0 saturated carbocycles. The van der Waals surface area contributed by atoms with Crippen LogP contribution in [-0.2, 0) is 0 Å². The van der Waals surface area contributed by atoms with Crippen molar-refractivity contribution in [2.45, 2.75) is 0 Å². The predicted molar refractivity (Wildman–Crippen MR) is 176 cm³/mol. The van der Waals surface area contributed by atoms with Crippen LogP contribution < -0.4 is 0 Å². The third-order valence-electron chi connectivity index (χ3n) is 8.19. The summed E-state index contributed by atoms with van der Waals surface area (Å²) in [6, 6.07) is 43.4. The fourth-order valence-electron chi connectivity index (χ4n) is 6.17. The van der Waals surface area contributed by atoms with Gasteiger partial charge in [0.05, 0.1) is 17.2 Å². The van der Waals surface area contributed by atoms with Gasteiger partial charge < -0.3 is 4.42 Å². The quantitative estimate of drug-likeness (QED) is 0.213. The third-order valence-corrected chi connectivity index (χ3v) is 8.19. The highest BCUT2D eigenvalue weighted by Gasteiger charge is 2.18. The number of para-hydroxylation sites is 2. The third kappa shape index (κ3) is 3.82. The molecule has 44 heavy (non-hydrogen) atoms. The average molecular weight is 566 g/mol. The van der Waals surface area contributed by atoms with E-state index in [2.05, 4.69) is 88.4 Å².